The molecule has 2 aromatic rings. The first kappa shape index (κ1) is 21.0. The number of carbonyl (C=O) groups is 2. The van der Waals surface area contributed by atoms with Gasteiger partial charge in [-0.2, -0.15) is 0 Å². The Morgan fingerprint density at radius 1 is 0.964 bits per heavy atom. The van der Waals surface area contributed by atoms with Crippen molar-refractivity contribution in [2.45, 2.75) is 27.2 Å². The van der Waals surface area contributed by atoms with Crippen molar-refractivity contribution >= 4 is 28.9 Å². The molecule has 3 N–H and O–H groups in total. The summed E-state index contributed by atoms with van der Waals surface area (Å²) in [6, 6.07) is 12.8. The van der Waals surface area contributed by atoms with Crippen LogP contribution in [0.4, 0.5) is 17.1 Å². The molecular formula is C22H27N3O3. The van der Waals surface area contributed by atoms with Crippen molar-refractivity contribution in [2.75, 3.05) is 29.1 Å². The minimum absolute atomic E-state index is 0.0515. The van der Waals surface area contributed by atoms with E-state index in [-0.39, 0.29) is 18.4 Å². The Bertz CT molecular complexity index is 862. The molecule has 0 aliphatic carbocycles. The summed E-state index contributed by atoms with van der Waals surface area (Å²) < 4.78 is 5.67. The monoisotopic (exact) mass is 381 g/mol. The Hall–Kier alpha value is -3.28. The van der Waals surface area contributed by atoms with Gasteiger partial charge in [-0.05, 0) is 49.2 Å². The van der Waals surface area contributed by atoms with Crippen molar-refractivity contribution in [1.82, 2.24) is 0 Å². The van der Waals surface area contributed by atoms with Crippen LogP contribution in [-0.2, 0) is 9.59 Å². The summed E-state index contributed by atoms with van der Waals surface area (Å²) in [5.41, 5.74) is 3.90. The van der Waals surface area contributed by atoms with Crippen LogP contribution in [0.3, 0.4) is 0 Å². The molecule has 0 spiro atoms. The van der Waals surface area contributed by atoms with Crippen LogP contribution >= 0.6 is 0 Å². The smallest absolute Gasteiger partial charge is 0.243 e. The van der Waals surface area contributed by atoms with Crippen molar-refractivity contribution in [2.24, 2.45) is 0 Å². The minimum atomic E-state index is -0.200. The SMILES string of the molecule is C=C(C)COc1ccccc1NC(=O)CNc1cccc(NC(=O)CC)c1C. The van der Waals surface area contributed by atoms with E-state index in [9.17, 15) is 9.59 Å². The van der Waals surface area contributed by atoms with Gasteiger partial charge in [0.2, 0.25) is 11.8 Å². The fraction of sp³-hybridized carbons (Fsp3) is 0.273. The fourth-order valence-electron chi connectivity index (χ4n) is 2.47. The highest BCUT2D eigenvalue weighted by molar-refractivity contribution is 5.96. The Morgan fingerprint density at radius 2 is 1.61 bits per heavy atom. The van der Waals surface area contributed by atoms with Gasteiger partial charge in [0.25, 0.3) is 0 Å². The Labute approximate surface area is 166 Å². The van der Waals surface area contributed by atoms with E-state index in [1.807, 2.05) is 44.2 Å². The number of carbonyl (C=O) groups excluding carboxylic acids is 2. The maximum absolute atomic E-state index is 12.4. The number of anilines is 3. The normalized spacial score (nSPS) is 10.1. The Morgan fingerprint density at radius 3 is 2.32 bits per heavy atom. The van der Waals surface area contributed by atoms with Gasteiger partial charge in [-0.3, -0.25) is 9.59 Å². The lowest BCUT2D eigenvalue weighted by atomic mass is 10.1. The lowest BCUT2D eigenvalue weighted by molar-refractivity contribution is -0.116. The molecule has 148 valence electrons. The summed E-state index contributed by atoms with van der Waals surface area (Å²) in [6.45, 7) is 9.86. The quantitative estimate of drug-likeness (QED) is 0.564. The van der Waals surface area contributed by atoms with Gasteiger partial charge in [0.15, 0.2) is 0 Å². The Kier molecular flexibility index (Phi) is 7.63. The van der Waals surface area contributed by atoms with Crippen molar-refractivity contribution < 1.29 is 14.3 Å². The number of rotatable bonds is 9. The fourth-order valence-corrected chi connectivity index (χ4v) is 2.47. The predicted octanol–water partition coefficient (Wildman–Crippen LogP) is 4.35. The number of benzene rings is 2. The molecule has 0 bridgehead atoms. The van der Waals surface area contributed by atoms with Gasteiger partial charge in [-0.15, -0.1) is 0 Å². The molecule has 0 atom stereocenters. The molecule has 0 aliphatic heterocycles. The van der Waals surface area contributed by atoms with Crippen LogP contribution in [0.25, 0.3) is 0 Å². The third-order valence-corrected chi connectivity index (χ3v) is 4.00. The largest absolute Gasteiger partial charge is 0.487 e. The molecule has 2 amide bonds. The summed E-state index contributed by atoms with van der Waals surface area (Å²) in [6.07, 6.45) is 0.409. The molecule has 2 aromatic carbocycles. The average Bonchev–Trinajstić information content (AvgIpc) is 2.67. The molecule has 0 saturated carbocycles. The summed E-state index contributed by atoms with van der Waals surface area (Å²) in [5.74, 6) is 0.345. The zero-order valence-corrected chi connectivity index (χ0v) is 16.6. The first-order valence-electron chi connectivity index (χ1n) is 9.20. The molecule has 2 rings (SSSR count). The highest BCUT2D eigenvalue weighted by Crippen LogP contribution is 2.25. The topological polar surface area (TPSA) is 79.5 Å². The minimum Gasteiger partial charge on any atom is -0.487 e. The van der Waals surface area contributed by atoms with Gasteiger partial charge in [0, 0.05) is 17.8 Å². The number of hydrogen-bond acceptors (Lipinski definition) is 4. The van der Waals surface area contributed by atoms with Crippen molar-refractivity contribution in [1.29, 1.82) is 0 Å². The van der Waals surface area contributed by atoms with Gasteiger partial charge in [-0.1, -0.05) is 31.7 Å². The molecule has 6 heteroatoms. The zero-order valence-electron chi connectivity index (χ0n) is 16.6. The maximum atomic E-state index is 12.4. The van der Waals surface area contributed by atoms with Crippen molar-refractivity contribution in [3.8, 4) is 5.75 Å². The van der Waals surface area contributed by atoms with Crippen LogP contribution in [0.5, 0.6) is 5.75 Å². The van der Waals surface area contributed by atoms with E-state index in [1.165, 1.54) is 0 Å². The van der Waals surface area contributed by atoms with E-state index in [2.05, 4.69) is 22.5 Å². The molecular weight excluding hydrogens is 354 g/mol. The second-order valence-electron chi connectivity index (χ2n) is 6.52. The molecule has 0 fully saturated rings. The van der Waals surface area contributed by atoms with Crippen molar-refractivity contribution in [3.63, 3.8) is 0 Å². The second-order valence-corrected chi connectivity index (χ2v) is 6.52. The second kappa shape index (κ2) is 10.2. The maximum Gasteiger partial charge on any atom is 0.243 e. The first-order chi connectivity index (χ1) is 13.4. The standard InChI is InChI=1S/C22H27N3O3/c1-5-21(26)24-18-11-8-10-17(16(18)4)23-13-22(27)25-19-9-6-7-12-20(19)28-14-15(2)3/h6-12,23H,2,5,13-14H2,1,3-4H3,(H,24,26)(H,25,27). The van der Waals surface area contributed by atoms with E-state index >= 15 is 0 Å². The summed E-state index contributed by atoms with van der Waals surface area (Å²) in [7, 11) is 0. The van der Waals surface area contributed by atoms with Gasteiger partial charge in [0.1, 0.15) is 12.4 Å². The lowest BCUT2D eigenvalue weighted by Crippen LogP contribution is -2.22. The number of hydrogen-bond donors (Lipinski definition) is 3. The molecule has 0 heterocycles. The van der Waals surface area contributed by atoms with Crippen LogP contribution in [0.15, 0.2) is 54.6 Å². The molecule has 0 radical (unpaired) electrons. The van der Waals surface area contributed by atoms with Gasteiger partial charge in [0.05, 0.1) is 12.2 Å². The molecule has 6 nitrogen and oxygen atoms in total. The number of para-hydroxylation sites is 2. The van der Waals surface area contributed by atoms with E-state index in [1.54, 1.807) is 19.1 Å². The molecule has 0 saturated heterocycles. The van der Waals surface area contributed by atoms with E-state index < -0.39 is 0 Å². The van der Waals surface area contributed by atoms with Gasteiger partial charge < -0.3 is 20.7 Å². The highest BCUT2D eigenvalue weighted by Gasteiger charge is 2.10. The molecule has 28 heavy (non-hydrogen) atoms. The number of amides is 2. The molecule has 0 unspecified atom stereocenters. The third kappa shape index (κ3) is 6.16. The van der Waals surface area contributed by atoms with Gasteiger partial charge >= 0.3 is 0 Å². The Balaban J connectivity index is 1.99. The summed E-state index contributed by atoms with van der Waals surface area (Å²) in [4.78, 5) is 24.0. The summed E-state index contributed by atoms with van der Waals surface area (Å²) >= 11 is 0. The van der Waals surface area contributed by atoms with E-state index in [0.717, 1.165) is 22.5 Å². The predicted molar refractivity (Wildman–Crippen MR) is 114 cm³/mol. The van der Waals surface area contributed by atoms with E-state index in [0.29, 0.717) is 24.5 Å². The van der Waals surface area contributed by atoms with Crippen molar-refractivity contribution in [3.05, 3.63) is 60.2 Å². The average molecular weight is 381 g/mol. The van der Waals surface area contributed by atoms with Crippen LogP contribution in [0.2, 0.25) is 0 Å². The first-order valence-corrected chi connectivity index (χ1v) is 9.20. The van der Waals surface area contributed by atoms with Crippen LogP contribution in [-0.4, -0.2) is 25.0 Å². The number of nitrogens with one attached hydrogen (secondary N) is 3. The zero-order chi connectivity index (χ0) is 20.5. The van der Waals surface area contributed by atoms with E-state index in [4.69, 9.17) is 4.74 Å². The third-order valence-electron chi connectivity index (χ3n) is 4.00. The molecule has 0 aromatic heterocycles. The molecule has 0 aliphatic rings. The van der Waals surface area contributed by atoms with Crippen LogP contribution in [0, 0.1) is 6.92 Å². The van der Waals surface area contributed by atoms with Crippen LogP contribution in [0.1, 0.15) is 25.8 Å². The number of ether oxygens (including phenoxy) is 1. The summed E-state index contributed by atoms with van der Waals surface area (Å²) in [5, 5.41) is 8.83. The lowest BCUT2D eigenvalue weighted by Gasteiger charge is -2.15. The highest BCUT2D eigenvalue weighted by atomic mass is 16.5. The van der Waals surface area contributed by atoms with Gasteiger partial charge in [-0.25, -0.2) is 0 Å². The van der Waals surface area contributed by atoms with Crippen LogP contribution < -0.4 is 20.7 Å².